The molecule has 0 saturated carbocycles. The van der Waals surface area contributed by atoms with Crippen LogP contribution in [0.1, 0.15) is 26.7 Å². The van der Waals surface area contributed by atoms with E-state index in [1.165, 1.54) is 0 Å². The molecule has 0 bridgehead atoms. The molecule has 2 unspecified atom stereocenters. The van der Waals surface area contributed by atoms with Crippen LogP contribution in [-0.4, -0.2) is 34.9 Å². The zero-order chi connectivity index (χ0) is 9.56. The normalized spacial score (nSPS) is 15.6. The van der Waals surface area contributed by atoms with Crippen molar-refractivity contribution in [2.75, 3.05) is 6.54 Å². The second-order valence-electron chi connectivity index (χ2n) is 2.94. The van der Waals surface area contributed by atoms with Crippen molar-refractivity contribution in [2.24, 2.45) is 0 Å². The molecule has 0 aromatic carbocycles. The fourth-order valence-electron chi connectivity index (χ4n) is 0.914. The van der Waals surface area contributed by atoms with E-state index in [1.807, 2.05) is 6.92 Å². The molecule has 0 aromatic rings. The second kappa shape index (κ2) is 5.97. The summed E-state index contributed by atoms with van der Waals surface area (Å²) in [6, 6.07) is -0.524. The number of carboxylic acids is 1. The molecule has 0 aromatic heterocycles. The van der Waals surface area contributed by atoms with Gasteiger partial charge in [0.25, 0.3) is 0 Å². The minimum atomic E-state index is -0.850. The molecular weight excluding hydrogens is 158 g/mol. The highest BCUT2D eigenvalue weighted by atomic mass is 16.4. The molecule has 0 saturated heterocycles. The van der Waals surface area contributed by atoms with E-state index < -0.39 is 18.1 Å². The number of nitrogens with one attached hydrogen (secondary N) is 1. The number of aliphatic carboxylic acids is 1. The average Bonchev–Trinajstić information content (AvgIpc) is 1.96. The van der Waals surface area contributed by atoms with Crippen LogP contribution in [0, 0.1) is 0 Å². The third-order valence-corrected chi connectivity index (χ3v) is 1.54. The van der Waals surface area contributed by atoms with Gasteiger partial charge in [-0.15, -0.1) is 0 Å². The molecule has 3 N–H and O–H groups in total. The fraction of sp³-hybridized carbons (Fsp3) is 0.875. The summed E-state index contributed by atoms with van der Waals surface area (Å²) in [5.41, 5.74) is 0. The Labute approximate surface area is 72.6 Å². The zero-order valence-corrected chi connectivity index (χ0v) is 7.58. The summed E-state index contributed by atoms with van der Waals surface area (Å²) in [6.07, 6.45) is 0.926. The molecule has 0 heterocycles. The molecule has 0 rings (SSSR count). The van der Waals surface area contributed by atoms with E-state index >= 15 is 0 Å². The van der Waals surface area contributed by atoms with Crippen LogP contribution in [0.3, 0.4) is 0 Å². The lowest BCUT2D eigenvalue weighted by Gasteiger charge is -2.14. The number of carboxylic acid groups (broad SMARTS) is 1. The molecule has 0 aliphatic heterocycles. The molecule has 4 nitrogen and oxygen atoms in total. The first kappa shape index (κ1) is 11.4. The Morgan fingerprint density at radius 2 is 2.17 bits per heavy atom. The molecule has 0 spiro atoms. The Bertz CT molecular complexity index is 136. The van der Waals surface area contributed by atoms with E-state index in [9.17, 15) is 4.79 Å². The van der Waals surface area contributed by atoms with E-state index in [-0.39, 0.29) is 0 Å². The Morgan fingerprint density at radius 3 is 2.50 bits per heavy atom. The molecule has 0 aliphatic rings. The van der Waals surface area contributed by atoms with Gasteiger partial charge in [-0.25, -0.2) is 0 Å². The van der Waals surface area contributed by atoms with Gasteiger partial charge >= 0.3 is 5.97 Å². The molecule has 0 amide bonds. The molecule has 72 valence electrons. The summed E-state index contributed by atoms with van der Waals surface area (Å²) in [6.45, 7) is 3.88. The monoisotopic (exact) mass is 175 g/mol. The van der Waals surface area contributed by atoms with Gasteiger partial charge in [0.1, 0.15) is 6.04 Å². The fourth-order valence-corrected chi connectivity index (χ4v) is 0.914. The number of hydrogen-bond donors (Lipinski definition) is 3. The van der Waals surface area contributed by atoms with Crippen molar-refractivity contribution in [3.05, 3.63) is 0 Å². The Hall–Kier alpha value is -0.610. The Morgan fingerprint density at radius 1 is 1.58 bits per heavy atom. The van der Waals surface area contributed by atoms with Gasteiger partial charge in [0, 0.05) is 6.54 Å². The number of hydrogen-bond acceptors (Lipinski definition) is 3. The Balaban J connectivity index is 3.71. The van der Waals surface area contributed by atoms with Gasteiger partial charge in [0.05, 0.1) is 6.10 Å². The minimum absolute atomic E-state index is 0.330. The first-order chi connectivity index (χ1) is 5.57. The van der Waals surface area contributed by atoms with Crippen molar-refractivity contribution in [3.8, 4) is 0 Å². The maximum absolute atomic E-state index is 10.6. The van der Waals surface area contributed by atoms with Gasteiger partial charge in [-0.3, -0.25) is 4.79 Å². The van der Waals surface area contributed by atoms with Crippen molar-refractivity contribution in [1.82, 2.24) is 5.32 Å². The van der Waals surface area contributed by atoms with E-state index in [4.69, 9.17) is 10.2 Å². The Kier molecular flexibility index (Phi) is 5.66. The first-order valence-electron chi connectivity index (χ1n) is 4.22. The molecular formula is C8H17NO3. The molecule has 4 heteroatoms. The van der Waals surface area contributed by atoms with Gasteiger partial charge in [0.2, 0.25) is 0 Å². The van der Waals surface area contributed by atoms with Gasteiger partial charge in [-0.05, 0) is 13.3 Å². The van der Waals surface area contributed by atoms with Crippen molar-refractivity contribution in [1.29, 1.82) is 0 Å². The highest BCUT2D eigenvalue weighted by Crippen LogP contribution is 1.96. The number of aliphatic hydroxyl groups excluding tert-OH is 1. The molecule has 0 fully saturated rings. The van der Waals surface area contributed by atoms with E-state index in [0.29, 0.717) is 13.0 Å². The number of rotatable bonds is 6. The molecule has 0 radical (unpaired) electrons. The largest absolute Gasteiger partial charge is 0.480 e. The third kappa shape index (κ3) is 5.09. The van der Waals surface area contributed by atoms with Crippen LogP contribution in [0.25, 0.3) is 0 Å². The summed E-state index contributed by atoms with van der Waals surface area (Å²) in [4.78, 5) is 10.6. The van der Waals surface area contributed by atoms with Gasteiger partial charge in [-0.1, -0.05) is 13.3 Å². The second-order valence-corrected chi connectivity index (χ2v) is 2.94. The number of aliphatic hydroxyl groups is 1. The predicted octanol–water partition coefficient (Wildman–Crippen LogP) is 0.210. The minimum Gasteiger partial charge on any atom is -0.480 e. The van der Waals surface area contributed by atoms with Crippen LogP contribution in [0.4, 0.5) is 0 Å². The number of carbonyl (C=O) groups is 1. The van der Waals surface area contributed by atoms with Gasteiger partial charge < -0.3 is 15.5 Å². The summed E-state index contributed by atoms with van der Waals surface area (Å²) in [7, 11) is 0. The third-order valence-electron chi connectivity index (χ3n) is 1.54. The van der Waals surface area contributed by atoms with Crippen LogP contribution < -0.4 is 5.32 Å². The average molecular weight is 175 g/mol. The van der Waals surface area contributed by atoms with Crippen LogP contribution in [0.5, 0.6) is 0 Å². The lowest BCUT2D eigenvalue weighted by molar-refractivity contribution is -0.139. The van der Waals surface area contributed by atoms with Gasteiger partial charge in [0.15, 0.2) is 0 Å². The zero-order valence-electron chi connectivity index (χ0n) is 7.58. The molecule has 0 aliphatic carbocycles. The van der Waals surface area contributed by atoms with Gasteiger partial charge in [-0.2, -0.15) is 0 Å². The molecule has 2 atom stereocenters. The lowest BCUT2D eigenvalue weighted by Crippen LogP contribution is -2.40. The van der Waals surface area contributed by atoms with Crippen molar-refractivity contribution in [2.45, 2.75) is 38.8 Å². The summed E-state index contributed by atoms with van der Waals surface area (Å²) < 4.78 is 0. The van der Waals surface area contributed by atoms with E-state index in [2.05, 4.69) is 5.32 Å². The van der Waals surface area contributed by atoms with Crippen LogP contribution >= 0.6 is 0 Å². The summed E-state index contributed by atoms with van der Waals surface area (Å²) in [5, 5.41) is 20.3. The molecule has 12 heavy (non-hydrogen) atoms. The SMILES string of the molecule is CCCC(NCC(C)O)C(=O)O. The highest BCUT2D eigenvalue weighted by molar-refractivity contribution is 5.73. The predicted molar refractivity (Wildman–Crippen MR) is 46.0 cm³/mol. The van der Waals surface area contributed by atoms with Crippen molar-refractivity contribution in [3.63, 3.8) is 0 Å². The topological polar surface area (TPSA) is 69.6 Å². The quantitative estimate of drug-likeness (QED) is 0.539. The first-order valence-corrected chi connectivity index (χ1v) is 4.22. The van der Waals surface area contributed by atoms with E-state index in [1.54, 1.807) is 6.92 Å². The van der Waals surface area contributed by atoms with Crippen LogP contribution in [0.2, 0.25) is 0 Å². The van der Waals surface area contributed by atoms with Crippen LogP contribution in [0.15, 0.2) is 0 Å². The maximum atomic E-state index is 10.6. The van der Waals surface area contributed by atoms with Crippen molar-refractivity contribution < 1.29 is 15.0 Å². The highest BCUT2D eigenvalue weighted by Gasteiger charge is 2.15. The standard InChI is InChI=1S/C8H17NO3/c1-3-4-7(8(11)12)9-5-6(2)10/h6-7,9-10H,3-5H2,1-2H3,(H,11,12). The van der Waals surface area contributed by atoms with Crippen molar-refractivity contribution >= 4 is 5.97 Å². The smallest absolute Gasteiger partial charge is 0.320 e. The summed E-state index contributed by atoms with van der Waals surface area (Å²) >= 11 is 0. The lowest BCUT2D eigenvalue weighted by atomic mass is 10.1. The maximum Gasteiger partial charge on any atom is 0.320 e. The van der Waals surface area contributed by atoms with E-state index in [0.717, 1.165) is 6.42 Å². The summed E-state index contributed by atoms with van der Waals surface area (Å²) in [5.74, 6) is -0.850. The van der Waals surface area contributed by atoms with Crippen LogP contribution in [-0.2, 0) is 4.79 Å².